The highest BCUT2D eigenvalue weighted by atomic mass is 15.4. The predicted molar refractivity (Wildman–Crippen MR) is 64.4 cm³/mol. The zero-order valence-corrected chi connectivity index (χ0v) is 9.95. The van der Waals surface area contributed by atoms with Crippen LogP contribution in [0, 0.1) is 0 Å². The zero-order valence-electron chi connectivity index (χ0n) is 9.95. The molecule has 2 aliphatic rings. The number of aromatic nitrogens is 2. The number of nitrogens with two attached hydrogens (primary N) is 1. The molecule has 4 heteroatoms. The summed E-state index contributed by atoms with van der Waals surface area (Å²) in [7, 11) is 2.17. The summed E-state index contributed by atoms with van der Waals surface area (Å²) in [5, 5.41) is 4.73. The number of aryl methyl sites for hydroxylation is 1. The molecule has 4 nitrogen and oxygen atoms in total. The second-order valence-electron chi connectivity index (χ2n) is 5.17. The van der Waals surface area contributed by atoms with Gasteiger partial charge < -0.3 is 10.6 Å². The number of hydrogen-bond acceptors (Lipinski definition) is 3. The van der Waals surface area contributed by atoms with Crippen molar-refractivity contribution in [3.05, 3.63) is 11.3 Å². The van der Waals surface area contributed by atoms with Crippen molar-refractivity contribution in [3.63, 3.8) is 0 Å². The highest BCUT2D eigenvalue weighted by molar-refractivity contribution is 5.45. The largest absolute Gasteiger partial charge is 0.384 e. The van der Waals surface area contributed by atoms with E-state index in [1.165, 1.54) is 30.5 Å². The normalized spacial score (nSPS) is 25.9. The van der Waals surface area contributed by atoms with Gasteiger partial charge in [-0.15, -0.1) is 0 Å². The molecule has 1 aromatic heterocycles. The van der Waals surface area contributed by atoms with Gasteiger partial charge in [-0.05, 0) is 39.2 Å². The molecule has 1 aliphatic heterocycles. The van der Waals surface area contributed by atoms with Crippen LogP contribution in [0.4, 0.5) is 5.82 Å². The smallest absolute Gasteiger partial charge is 0.125 e. The number of nitrogens with zero attached hydrogens (tertiary/aromatic N) is 3. The third kappa shape index (κ3) is 1.52. The number of likely N-dealkylation sites (N-methyl/N-ethyl adjacent to an activating group) is 1. The number of fused-ring (bicyclic) bond motifs is 1. The first-order valence-corrected chi connectivity index (χ1v) is 6.30. The number of nitrogen functional groups attached to an aromatic ring is 1. The molecule has 1 fully saturated rings. The summed E-state index contributed by atoms with van der Waals surface area (Å²) in [5.41, 5.74) is 8.83. The van der Waals surface area contributed by atoms with Crippen LogP contribution >= 0.6 is 0 Å². The van der Waals surface area contributed by atoms with Gasteiger partial charge >= 0.3 is 0 Å². The monoisotopic (exact) mass is 220 g/mol. The summed E-state index contributed by atoms with van der Waals surface area (Å²) in [5.74, 6) is 0.940. The lowest BCUT2D eigenvalue weighted by molar-refractivity contribution is 0.383. The van der Waals surface area contributed by atoms with E-state index in [1.807, 2.05) is 0 Å². The van der Waals surface area contributed by atoms with Crippen molar-refractivity contribution >= 4 is 5.82 Å². The van der Waals surface area contributed by atoms with Crippen LogP contribution < -0.4 is 5.73 Å². The van der Waals surface area contributed by atoms with Gasteiger partial charge in [0, 0.05) is 18.7 Å². The van der Waals surface area contributed by atoms with Crippen LogP contribution in [-0.2, 0) is 12.8 Å². The molecule has 0 aromatic carbocycles. The fourth-order valence-electron chi connectivity index (χ4n) is 2.99. The molecule has 3 rings (SSSR count). The second kappa shape index (κ2) is 3.77. The molecule has 16 heavy (non-hydrogen) atoms. The van der Waals surface area contributed by atoms with E-state index in [9.17, 15) is 0 Å². The number of likely N-dealkylation sites (tertiary alicyclic amines) is 1. The fourth-order valence-corrected chi connectivity index (χ4v) is 2.99. The topological polar surface area (TPSA) is 47.1 Å². The Morgan fingerprint density at radius 2 is 2.12 bits per heavy atom. The Bertz CT molecular complexity index is 396. The Balaban J connectivity index is 1.92. The Morgan fingerprint density at radius 1 is 1.31 bits per heavy atom. The van der Waals surface area contributed by atoms with Gasteiger partial charge in [0.15, 0.2) is 0 Å². The van der Waals surface area contributed by atoms with Crippen LogP contribution in [0.3, 0.4) is 0 Å². The Hall–Kier alpha value is -1.03. The summed E-state index contributed by atoms with van der Waals surface area (Å²) in [6.07, 6.45) is 5.97. The van der Waals surface area contributed by atoms with E-state index < -0.39 is 0 Å². The fraction of sp³-hybridized carbons (Fsp3) is 0.750. The predicted octanol–water partition coefficient (Wildman–Crippen LogP) is 1.22. The Labute approximate surface area is 96.4 Å². The minimum absolute atomic E-state index is 0.496. The van der Waals surface area contributed by atoms with Crippen LogP contribution in [0.1, 0.15) is 36.6 Å². The summed E-state index contributed by atoms with van der Waals surface area (Å²) < 4.78 is 2.10. The number of hydrogen-bond donors (Lipinski definition) is 1. The Kier molecular flexibility index (Phi) is 2.39. The number of rotatable bonds is 1. The molecule has 1 unspecified atom stereocenters. The molecule has 1 aliphatic carbocycles. The minimum atomic E-state index is 0.496. The lowest BCUT2D eigenvalue weighted by Gasteiger charge is -2.13. The van der Waals surface area contributed by atoms with Gasteiger partial charge in [-0.1, -0.05) is 0 Å². The van der Waals surface area contributed by atoms with Crippen molar-refractivity contribution < 1.29 is 0 Å². The molecule has 0 saturated carbocycles. The van der Waals surface area contributed by atoms with Crippen LogP contribution in [0.15, 0.2) is 0 Å². The first-order chi connectivity index (χ1) is 7.75. The quantitative estimate of drug-likeness (QED) is 0.774. The first kappa shape index (κ1) is 10.1. The lowest BCUT2D eigenvalue weighted by Crippen LogP contribution is -2.18. The molecule has 0 spiro atoms. The third-order valence-corrected chi connectivity index (χ3v) is 3.94. The van der Waals surface area contributed by atoms with E-state index >= 15 is 0 Å². The summed E-state index contributed by atoms with van der Waals surface area (Å²) in [4.78, 5) is 2.35. The highest BCUT2D eigenvalue weighted by Gasteiger charge is 2.27. The van der Waals surface area contributed by atoms with E-state index in [0.717, 1.165) is 31.7 Å². The van der Waals surface area contributed by atoms with Crippen LogP contribution in [0.25, 0.3) is 0 Å². The van der Waals surface area contributed by atoms with E-state index in [2.05, 4.69) is 16.6 Å². The van der Waals surface area contributed by atoms with Crippen molar-refractivity contribution in [2.45, 2.75) is 38.1 Å². The van der Waals surface area contributed by atoms with Gasteiger partial charge in [0.05, 0.1) is 11.7 Å². The zero-order chi connectivity index (χ0) is 11.1. The molecule has 1 saturated heterocycles. The van der Waals surface area contributed by atoms with Crippen molar-refractivity contribution in [2.24, 2.45) is 0 Å². The van der Waals surface area contributed by atoms with Gasteiger partial charge in [0.1, 0.15) is 5.82 Å². The van der Waals surface area contributed by atoms with Gasteiger partial charge in [0.2, 0.25) is 0 Å². The van der Waals surface area contributed by atoms with E-state index in [0.29, 0.717) is 6.04 Å². The molecule has 88 valence electrons. The molecule has 2 N–H and O–H groups in total. The summed E-state index contributed by atoms with van der Waals surface area (Å²) in [6.45, 7) is 2.25. The maximum absolute atomic E-state index is 6.23. The highest BCUT2D eigenvalue weighted by Crippen LogP contribution is 2.30. The Morgan fingerprint density at radius 3 is 2.81 bits per heavy atom. The average Bonchev–Trinajstić information content (AvgIpc) is 2.84. The van der Waals surface area contributed by atoms with Crippen molar-refractivity contribution in [1.82, 2.24) is 14.7 Å². The summed E-state index contributed by atoms with van der Waals surface area (Å²) in [6, 6.07) is 0.496. The van der Waals surface area contributed by atoms with Gasteiger partial charge in [-0.3, -0.25) is 0 Å². The first-order valence-electron chi connectivity index (χ1n) is 6.30. The standard InChI is InChI=1S/C12H20N4/c1-15-7-6-9(8-15)16-12(13)10-4-2-3-5-11(10)14-16/h9H,2-8,13H2,1H3. The van der Waals surface area contributed by atoms with Crippen LogP contribution in [0.5, 0.6) is 0 Å². The number of anilines is 1. The van der Waals surface area contributed by atoms with Crippen molar-refractivity contribution in [2.75, 3.05) is 25.9 Å². The maximum Gasteiger partial charge on any atom is 0.125 e. The molecular formula is C12H20N4. The van der Waals surface area contributed by atoms with Crippen LogP contribution in [-0.4, -0.2) is 34.8 Å². The molecule has 2 heterocycles. The average molecular weight is 220 g/mol. The SMILES string of the molecule is CN1CCC(n2nc3c(c2N)CCCC3)C1. The van der Waals surface area contributed by atoms with Crippen molar-refractivity contribution in [3.8, 4) is 0 Å². The molecule has 0 amide bonds. The van der Waals surface area contributed by atoms with Crippen molar-refractivity contribution in [1.29, 1.82) is 0 Å². The third-order valence-electron chi connectivity index (χ3n) is 3.94. The minimum Gasteiger partial charge on any atom is -0.384 e. The van der Waals surface area contributed by atoms with E-state index in [1.54, 1.807) is 0 Å². The van der Waals surface area contributed by atoms with Crippen LogP contribution in [0.2, 0.25) is 0 Å². The second-order valence-corrected chi connectivity index (χ2v) is 5.17. The molecular weight excluding hydrogens is 200 g/mol. The molecule has 1 atom stereocenters. The van der Waals surface area contributed by atoms with E-state index in [4.69, 9.17) is 10.8 Å². The maximum atomic E-state index is 6.23. The molecule has 1 aromatic rings. The molecule has 0 bridgehead atoms. The molecule has 0 radical (unpaired) electrons. The lowest BCUT2D eigenvalue weighted by atomic mass is 9.98. The van der Waals surface area contributed by atoms with Gasteiger partial charge in [-0.2, -0.15) is 5.10 Å². The van der Waals surface area contributed by atoms with Gasteiger partial charge in [0.25, 0.3) is 0 Å². The van der Waals surface area contributed by atoms with E-state index in [-0.39, 0.29) is 0 Å². The van der Waals surface area contributed by atoms with Gasteiger partial charge in [-0.25, -0.2) is 4.68 Å². The summed E-state index contributed by atoms with van der Waals surface area (Å²) >= 11 is 0.